The van der Waals surface area contributed by atoms with E-state index in [-0.39, 0.29) is 6.61 Å². The summed E-state index contributed by atoms with van der Waals surface area (Å²) in [6.07, 6.45) is 1.05. The highest BCUT2D eigenvalue weighted by atomic mass is 35.5. The molecule has 1 aromatic heterocycles. The smallest absolute Gasteiger partial charge is 0.340 e. The number of hydrogen-bond donors (Lipinski definition) is 1. The molecule has 1 heterocycles. The van der Waals surface area contributed by atoms with Gasteiger partial charge in [-0.1, -0.05) is 59.6 Å². The number of aldehydes is 1. The third kappa shape index (κ3) is 4.07. The third-order valence-corrected chi connectivity index (χ3v) is 4.90. The fraction of sp³-hybridized carbons (Fsp3) is 0.143. The highest BCUT2D eigenvalue weighted by molar-refractivity contribution is 6.42. The Morgan fingerprint density at radius 2 is 1.85 bits per heavy atom. The number of H-pyrrole nitrogens is 1. The van der Waals surface area contributed by atoms with E-state index in [0.29, 0.717) is 45.3 Å². The van der Waals surface area contributed by atoms with Gasteiger partial charge < -0.3 is 9.72 Å². The molecule has 0 radical (unpaired) electrons. The number of halogens is 2. The van der Waals surface area contributed by atoms with Crippen LogP contribution in [0.3, 0.4) is 0 Å². The molecule has 0 aliphatic rings. The summed E-state index contributed by atoms with van der Waals surface area (Å²) in [5.74, 6) is -0.476. The van der Waals surface area contributed by atoms with Crippen molar-refractivity contribution >= 4 is 35.5 Å². The Morgan fingerprint density at radius 3 is 2.48 bits per heavy atom. The standard InChI is InChI=1S/C21H17Cl2NO3/c1-2-27-21(26)19-15(10-13-8-9-16(22)17(23)11-13)18(12-25)24-20(19)14-6-4-3-5-7-14/h3-9,11-12,24H,2,10H2,1H3. The van der Waals surface area contributed by atoms with Gasteiger partial charge in [0.2, 0.25) is 0 Å². The molecule has 0 aliphatic carbocycles. The molecule has 1 N–H and O–H groups in total. The highest BCUT2D eigenvalue weighted by Crippen LogP contribution is 2.31. The van der Waals surface area contributed by atoms with Crippen LogP contribution in [0.25, 0.3) is 11.3 Å². The van der Waals surface area contributed by atoms with E-state index in [1.165, 1.54) is 0 Å². The average molecular weight is 402 g/mol. The molecule has 0 bridgehead atoms. The maximum absolute atomic E-state index is 12.7. The van der Waals surface area contributed by atoms with Crippen molar-refractivity contribution in [3.63, 3.8) is 0 Å². The second-order valence-corrected chi connectivity index (χ2v) is 6.71. The monoisotopic (exact) mass is 401 g/mol. The molecule has 3 rings (SSSR count). The molecule has 0 spiro atoms. The lowest BCUT2D eigenvalue weighted by Gasteiger charge is -2.08. The molecule has 0 amide bonds. The number of aromatic nitrogens is 1. The quantitative estimate of drug-likeness (QED) is 0.433. The lowest BCUT2D eigenvalue weighted by Crippen LogP contribution is -2.09. The van der Waals surface area contributed by atoms with Gasteiger partial charge in [-0.2, -0.15) is 0 Å². The van der Waals surface area contributed by atoms with Crippen LogP contribution in [-0.2, 0) is 11.2 Å². The zero-order valence-corrected chi connectivity index (χ0v) is 16.1. The highest BCUT2D eigenvalue weighted by Gasteiger charge is 2.25. The van der Waals surface area contributed by atoms with E-state index in [0.717, 1.165) is 11.1 Å². The Bertz CT molecular complexity index is 981. The molecule has 138 valence electrons. The van der Waals surface area contributed by atoms with Gasteiger partial charge in [0.15, 0.2) is 6.29 Å². The number of aromatic amines is 1. The van der Waals surface area contributed by atoms with Gasteiger partial charge >= 0.3 is 5.97 Å². The topological polar surface area (TPSA) is 59.2 Å². The van der Waals surface area contributed by atoms with Crippen molar-refractivity contribution in [3.8, 4) is 11.3 Å². The average Bonchev–Trinajstić information content (AvgIpc) is 3.04. The molecule has 0 fully saturated rings. The molecule has 4 nitrogen and oxygen atoms in total. The summed E-state index contributed by atoms with van der Waals surface area (Å²) in [4.78, 5) is 27.5. The molecule has 0 saturated heterocycles. The molecular formula is C21H17Cl2NO3. The minimum absolute atomic E-state index is 0.237. The first kappa shape index (κ1) is 19.2. The first-order valence-corrected chi connectivity index (χ1v) is 9.17. The van der Waals surface area contributed by atoms with E-state index >= 15 is 0 Å². The number of esters is 1. The Balaban J connectivity index is 2.15. The van der Waals surface area contributed by atoms with E-state index in [1.807, 2.05) is 36.4 Å². The van der Waals surface area contributed by atoms with Gasteiger partial charge in [0, 0.05) is 6.42 Å². The Morgan fingerprint density at radius 1 is 1.11 bits per heavy atom. The van der Waals surface area contributed by atoms with E-state index in [1.54, 1.807) is 19.1 Å². The van der Waals surface area contributed by atoms with Crippen LogP contribution >= 0.6 is 23.2 Å². The maximum atomic E-state index is 12.7. The molecule has 0 saturated carbocycles. The zero-order valence-electron chi connectivity index (χ0n) is 14.6. The minimum atomic E-state index is -0.476. The van der Waals surface area contributed by atoms with Crippen molar-refractivity contribution in [3.05, 3.63) is 81.0 Å². The number of ether oxygens (including phenoxy) is 1. The summed E-state index contributed by atoms with van der Waals surface area (Å²) in [6, 6.07) is 14.6. The summed E-state index contributed by atoms with van der Waals surface area (Å²) < 4.78 is 5.25. The minimum Gasteiger partial charge on any atom is -0.462 e. The summed E-state index contributed by atoms with van der Waals surface area (Å²) in [5.41, 5.74) is 3.45. The van der Waals surface area contributed by atoms with Crippen molar-refractivity contribution in [1.29, 1.82) is 0 Å². The van der Waals surface area contributed by atoms with Crippen molar-refractivity contribution in [2.24, 2.45) is 0 Å². The van der Waals surface area contributed by atoms with E-state index in [2.05, 4.69) is 4.98 Å². The second kappa shape index (κ2) is 8.42. The van der Waals surface area contributed by atoms with Crippen molar-refractivity contribution < 1.29 is 14.3 Å². The Labute approximate surface area is 167 Å². The van der Waals surface area contributed by atoms with Crippen molar-refractivity contribution in [2.75, 3.05) is 6.61 Å². The summed E-state index contributed by atoms with van der Waals surface area (Å²) in [6.45, 7) is 1.98. The molecule has 3 aromatic rings. The van der Waals surface area contributed by atoms with Crippen molar-refractivity contribution in [1.82, 2.24) is 4.98 Å². The van der Waals surface area contributed by atoms with Crippen LogP contribution in [0.2, 0.25) is 10.0 Å². The van der Waals surface area contributed by atoms with Gasteiger partial charge in [-0.15, -0.1) is 0 Å². The summed E-state index contributed by atoms with van der Waals surface area (Å²) in [5, 5.41) is 0.860. The van der Waals surface area contributed by atoms with Crippen LogP contribution in [0, 0.1) is 0 Å². The van der Waals surface area contributed by atoms with Crippen LogP contribution in [-0.4, -0.2) is 23.8 Å². The lowest BCUT2D eigenvalue weighted by atomic mass is 9.98. The van der Waals surface area contributed by atoms with Crippen molar-refractivity contribution in [2.45, 2.75) is 13.3 Å². The summed E-state index contributed by atoms with van der Waals surface area (Å²) >= 11 is 12.1. The van der Waals surface area contributed by atoms with Crippen LogP contribution in [0.5, 0.6) is 0 Å². The van der Waals surface area contributed by atoms with Crippen LogP contribution in [0.1, 0.15) is 38.9 Å². The van der Waals surface area contributed by atoms with Gasteiger partial charge in [-0.3, -0.25) is 4.79 Å². The first-order valence-electron chi connectivity index (χ1n) is 8.41. The maximum Gasteiger partial charge on any atom is 0.340 e. The molecule has 0 atom stereocenters. The molecule has 2 aromatic carbocycles. The van der Waals surface area contributed by atoms with E-state index < -0.39 is 5.97 Å². The molecule has 0 unspecified atom stereocenters. The number of carbonyl (C=O) groups excluding carboxylic acids is 2. The number of benzene rings is 2. The molecular weight excluding hydrogens is 385 g/mol. The number of hydrogen-bond acceptors (Lipinski definition) is 3. The van der Waals surface area contributed by atoms with E-state index in [4.69, 9.17) is 27.9 Å². The molecule has 0 aliphatic heterocycles. The summed E-state index contributed by atoms with van der Waals surface area (Å²) in [7, 11) is 0. The lowest BCUT2D eigenvalue weighted by molar-refractivity contribution is 0.0526. The second-order valence-electron chi connectivity index (χ2n) is 5.90. The fourth-order valence-corrected chi connectivity index (χ4v) is 3.27. The number of carbonyl (C=O) groups is 2. The van der Waals surface area contributed by atoms with Crippen LogP contribution in [0.15, 0.2) is 48.5 Å². The molecule has 6 heteroatoms. The third-order valence-electron chi connectivity index (χ3n) is 4.16. The molecule has 27 heavy (non-hydrogen) atoms. The predicted octanol–water partition coefficient (Wildman–Crippen LogP) is 5.57. The zero-order chi connectivity index (χ0) is 19.4. The largest absolute Gasteiger partial charge is 0.462 e. The Kier molecular flexibility index (Phi) is 5.99. The fourth-order valence-electron chi connectivity index (χ4n) is 2.95. The van der Waals surface area contributed by atoms with Crippen LogP contribution in [0.4, 0.5) is 0 Å². The van der Waals surface area contributed by atoms with E-state index in [9.17, 15) is 9.59 Å². The normalized spacial score (nSPS) is 10.6. The Hall–Kier alpha value is -2.56. The van der Waals surface area contributed by atoms with Gasteiger partial charge in [-0.25, -0.2) is 4.79 Å². The first-order chi connectivity index (χ1) is 13.0. The number of rotatable bonds is 6. The van der Waals surface area contributed by atoms with Gasteiger partial charge in [0.05, 0.1) is 33.6 Å². The van der Waals surface area contributed by atoms with Gasteiger partial charge in [0.1, 0.15) is 0 Å². The van der Waals surface area contributed by atoms with Gasteiger partial charge in [-0.05, 0) is 35.7 Å². The number of nitrogens with one attached hydrogen (secondary N) is 1. The SMILES string of the molecule is CCOC(=O)c1c(-c2ccccc2)[nH]c(C=O)c1Cc1ccc(Cl)c(Cl)c1. The predicted molar refractivity (Wildman–Crippen MR) is 107 cm³/mol. The van der Waals surface area contributed by atoms with Gasteiger partial charge in [0.25, 0.3) is 0 Å². The van der Waals surface area contributed by atoms with Crippen LogP contribution < -0.4 is 0 Å².